The Morgan fingerprint density at radius 1 is 0.266 bits per heavy atom. The Labute approximate surface area is 665 Å². The Hall–Kier alpha value is -4.05. The van der Waals surface area contributed by atoms with Crippen LogP contribution in [0, 0.1) is 0 Å². The first kappa shape index (κ1) is 105. The number of hydrogen-bond acceptors (Lipinski definition) is 14. The van der Waals surface area contributed by atoms with E-state index in [1.54, 1.807) is 0 Å². The highest BCUT2D eigenvalue weighted by atomic mass is 31.2. The fourth-order valence-corrected chi connectivity index (χ4v) is 13.7. The molecule has 0 spiro atoms. The summed E-state index contributed by atoms with van der Waals surface area (Å²) in [6, 6.07) is 0. The molecule has 630 valence electrons. The highest BCUT2D eigenvalue weighted by Crippen LogP contribution is 2.45. The monoisotopic (exact) mass is 1570 g/mol. The molecular formula is C91H160O16P2. The number of carbonyl (C=O) groups is 3. The lowest BCUT2D eigenvalue weighted by atomic mass is 10.0. The first-order chi connectivity index (χ1) is 53.2. The molecule has 0 aliphatic rings. The molecule has 5 atom stereocenters. The Morgan fingerprint density at radius 2 is 0.486 bits per heavy atom. The van der Waals surface area contributed by atoms with E-state index in [0.29, 0.717) is 19.3 Å². The third-order valence-electron chi connectivity index (χ3n) is 18.7. The lowest BCUT2D eigenvalue weighted by Gasteiger charge is -2.21. The van der Waals surface area contributed by atoms with Crippen molar-refractivity contribution >= 4 is 33.6 Å². The maximum atomic E-state index is 13.0. The highest BCUT2D eigenvalue weighted by molar-refractivity contribution is 7.47. The van der Waals surface area contributed by atoms with Gasteiger partial charge in [-0.15, -0.1) is 0 Å². The molecule has 109 heavy (non-hydrogen) atoms. The van der Waals surface area contributed by atoms with Crippen LogP contribution in [0.2, 0.25) is 0 Å². The summed E-state index contributed by atoms with van der Waals surface area (Å²) in [5.41, 5.74) is 0. The van der Waals surface area contributed by atoms with E-state index in [9.17, 15) is 43.5 Å². The van der Waals surface area contributed by atoms with Crippen LogP contribution in [0.4, 0.5) is 0 Å². The van der Waals surface area contributed by atoms with Gasteiger partial charge in [-0.05, 0) is 109 Å². The number of phosphoric ester groups is 2. The summed E-state index contributed by atoms with van der Waals surface area (Å²) >= 11 is 0. The fraction of sp³-hybridized carbons (Fsp3) is 0.747. The molecule has 0 aromatic rings. The second kappa shape index (κ2) is 83.4. The van der Waals surface area contributed by atoms with Gasteiger partial charge in [0.1, 0.15) is 25.4 Å². The van der Waals surface area contributed by atoms with E-state index in [1.165, 1.54) is 180 Å². The van der Waals surface area contributed by atoms with Crippen LogP contribution in [0.5, 0.6) is 0 Å². The van der Waals surface area contributed by atoms with Gasteiger partial charge in [0.25, 0.3) is 0 Å². The summed E-state index contributed by atoms with van der Waals surface area (Å²) in [6.07, 6.45) is 101. The number of allylic oxidation sites excluding steroid dienone is 20. The van der Waals surface area contributed by atoms with Crippen LogP contribution >= 0.6 is 15.6 Å². The molecular weight excluding hydrogens is 1410 g/mol. The third-order valence-corrected chi connectivity index (χ3v) is 20.6. The number of aliphatic hydroxyl groups excluding tert-OH is 2. The standard InChI is InChI=1S/C91H160O16P2/c1-4-7-10-13-16-19-22-25-28-30-32-34-36-38-40-41-42-43-45-47-48-50-52-54-57-59-62-65-68-71-74-77-89(94)101-80-86(92)81-103-108(97,98)104-82-87(93)83-105-109(99,100)106-85-88(107-91(96)79-76-73-70-67-64-61-56-27-24-21-18-15-12-9-6-3)84-102-90(95)78-75-72-69-66-63-60-58-55-53-51-49-46-44-39-37-35-33-31-29-26-23-20-17-14-11-8-5-2/h7-8,10-11,16-17,19-20,25-26,28-29,32-35,38-40,44,86-88,92-93H,4-6,9,12-15,18,21-24,27,30-31,36-37,41-43,45-85H2,1-3H3,(H,97,98)(H,99,100)/b10-7-,11-8-,19-16-,20-17-,28-25-,29-26-,34-32-,35-33-,40-38-,44-39-. The van der Waals surface area contributed by atoms with Crippen molar-refractivity contribution in [1.82, 2.24) is 0 Å². The van der Waals surface area contributed by atoms with Gasteiger partial charge in [0.05, 0.1) is 26.4 Å². The molecule has 0 fully saturated rings. The van der Waals surface area contributed by atoms with Crippen molar-refractivity contribution in [3.63, 3.8) is 0 Å². The summed E-state index contributed by atoms with van der Waals surface area (Å²) in [5.74, 6) is -1.56. The summed E-state index contributed by atoms with van der Waals surface area (Å²) < 4.78 is 61.4. The molecule has 5 unspecified atom stereocenters. The molecule has 0 heterocycles. The molecule has 0 radical (unpaired) electrons. The van der Waals surface area contributed by atoms with E-state index in [1.807, 2.05) is 0 Å². The molecule has 4 N–H and O–H groups in total. The number of unbranched alkanes of at least 4 members (excludes halogenated alkanes) is 40. The quantitative estimate of drug-likeness (QED) is 0.0146. The average molecular weight is 1570 g/mol. The van der Waals surface area contributed by atoms with Gasteiger partial charge in [0.15, 0.2) is 6.10 Å². The number of phosphoric acid groups is 2. The van der Waals surface area contributed by atoms with Crippen molar-refractivity contribution in [3.8, 4) is 0 Å². The van der Waals surface area contributed by atoms with Crippen molar-refractivity contribution in [2.24, 2.45) is 0 Å². The number of hydrogen-bond donors (Lipinski definition) is 4. The lowest BCUT2D eigenvalue weighted by Crippen LogP contribution is -2.30. The minimum atomic E-state index is -4.93. The minimum absolute atomic E-state index is 0.108. The molecule has 16 nitrogen and oxygen atoms in total. The second-order valence-corrected chi connectivity index (χ2v) is 32.2. The number of carbonyl (C=O) groups excluding carboxylic acids is 3. The Bertz CT molecular complexity index is 2460. The molecule has 0 saturated heterocycles. The third kappa shape index (κ3) is 84.7. The number of rotatable bonds is 83. The van der Waals surface area contributed by atoms with Crippen molar-refractivity contribution in [2.45, 2.75) is 399 Å². The number of ether oxygens (including phenoxy) is 3. The van der Waals surface area contributed by atoms with Gasteiger partial charge in [-0.25, -0.2) is 9.13 Å². The van der Waals surface area contributed by atoms with Crippen molar-refractivity contribution in [3.05, 3.63) is 122 Å². The zero-order chi connectivity index (χ0) is 79.4. The molecule has 0 bridgehead atoms. The molecule has 0 rings (SSSR count). The molecule has 0 aromatic heterocycles. The van der Waals surface area contributed by atoms with Gasteiger partial charge in [-0.2, -0.15) is 0 Å². The van der Waals surface area contributed by atoms with Gasteiger partial charge >= 0.3 is 33.6 Å². The van der Waals surface area contributed by atoms with Gasteiger partial charge in [-0.1, -0.05) is 373 Å². The molecule has 0 aliphatic heterocycles. The predicted molar refractivity (Wildman–Crippen MR) is 454 cm³/mol. The highest BCUT2D eigenvalue weighted by Gasteiger charge is 2.29. The zero-order valence-electron chi connectivity index (χ0n) is 69.2. The smallest absolute Gasteiger partial charge is 0.463 e. The van der Waals surface area contributed by atoms with Gasteiger partial charge < -0.3 is 34.2 Å². The van der Waals surface area contributed by atoms with Crippen molar-refractivity contribution in [2.75, 3.05) is 39.6 Å². The first-order valence-corrected chi connectivity index (χ1v) is 46.8. The molecule has 0 aromatic carbocycles. The van der Waals surface area contributed by atoms with Crippen LogP contribution in [0.15, 0.2) is 122 Å². The maximum absolute atomic E-state index is 13.0. The summed E-state index contributed by atoms with van der Waals surface area (Å²) in [6.45, 7) is 2.52. The normalized spacial score (nSPS) is 14.4. The van der Waals surface area contributed by atoms with Crippen LogP contribution in [0.25, 0.3) is 0 Å². The maximum Gasteiger partial charge on any atom is 0.472 e. The number of esters is 3. The van der Waals surface area contributed by atoms with E-state index in [2.05, 4.69) is 142 Å². The summed E-state index contributed by atoms with van der Waals surface area (Å²) in [4.78, 5) is 58.8. The van der Waals surface area contributed by atoms with Crippen LogP contribution in [-0.2, 0) is 55.8 Å². The number of aliphatic hydroxyl groups is 2. The lowest BCUT2D eigenvalue weighted by molar-refractivity contribution is -0.161. The average Bonchev–Trinajstić information content (AvgIpc) is 0.940. The van der Waals surface area contributed by atoms with Crippen LogP contribution < -0.4 is 0 Å². The molecule has 0 saturated carbocycles. The predicted octanol–water partition coefficient (Wildman–Crippen LogP) is 26.4. The molecule has 0 amide bonds. The Morgan fingerprint density at radius 3 is 0.771 bits per heavy atom. The Kier molecular flexibility index (Phi) is 80.3. The van der Waals surface area contributed by atoms with Gasteiger partial charge in [0, 0.05) is 19.3 Å². The SMILES string of the molecule is CC/C=C\C/C=C\C/C=C\C/C=C\C/C=C\CCCCCCCCCCCCCCCCCC(=O)OCC(O)COP(=O)(O)OCC(O)COP(=O)(O)OCC(COC(=O)CCCCCCCCCCCCC/C=C\C/C=C\C/C=C\C/C=C\C/C=C\CC)OC(=O)CCCCCCCCCCCCCCCCC. The molecule has 18 heteroatoms. The summed E-state index contributed by atoms with van der Waals surface area (Å²) in [5, 5.41) is 20.7. The fourth-order valence-electron chi connectivity index (χ4n) is 12.1. The van der Waals surface area contributed by atoms with E-state index in [-0.39, 0.29) is 19.3 Å². The topological polar surface area (TPSA) is 231 Å². The minimum Gasteiger partial charge on any atom is -0.463 e. The van der Waals surface area contributed by atoms with Gasteiger partial charge in [0.2, 0.25) is 0 Å². The van der Waals surface area contributed by atoms with Crippen LogP contribution in [0.1, 0.15) is 380 Å². The first-order valence-electron chi connectivity index (χ1n) is 43.8. The van der Waals surface area contributed by atoms with Crippen LogP contribution in [-0.4, -0.2) is 95.9 Å². The second-order valence-electron chi connectivity index (χ2n) is 29.3. The van der Waals surface area contributed by atoms with Crippen molar-refractivity contribution in [1.29, 1.82) is 0 Å². The van der Waals surface area contributed by atoms with E-state index >= 15 is 0 Å². The largest absolute Gasteiger partial charge is 0.472 e. The molecule has 0 aliphatic carbocycles. The summed E-state index contributed by atoms with van der Waals surface area (Å²) in [7, 11) is -9.79. The van der Waals surface area contributed by atoms with E-state index < -0.39 is 91.5 Å². The van der Waals surface area contributed by atoms with Gasteiger partial charge in [-0.3, -0.25) is 32.5 Å². The van der Waals surface area contributed by atoms with E-state index in [0.717, 1.165) is 141 Å². The van der Waals surface area contributed by atoms with E-state index in [4.69, 9.17) is 32.3 Å². The Balaban J connectivity index is 4.48. The van der Waals surface area contributed by atoms with Crippen LogP contribution in [0.3, 0.4) is 0 Å². The van der Waals surface area contributed by atoms with Crippen molar-refractivity contribution < 1.29 is 75.8 Å². The zero-order valence-corrected chi connectivity index (χ0v) is 71.0.